The van der Waals surface area contributed by atoms with Crippen LogP contribution in [-0.4, -0.2) is 22.2 Å². The Morgan fingerprint density at radius 2 is 2.15 bits per heavy atom. The van der Waals surface area contributed by atoms with Crippen LogP contribution in [-0.2, 0) is 17.8 Å². The lowest BCUT2D eigenvalue weighted by molar-refractivity contribution is -0.138. The molecular weight excluding hydrogens is 254 g/mol. The molecule has 0 spiro atoms. The number of nitrogens with zero attached hydrogens (tertiary/aromatic N) is 1. The minimum Gasteiger partial charge on any atom is -0.492 e. The number of ether oxygens (including phenoxy) is 1. The van der Waals surface area contributed by atoms with Gasteiger partial charge < -0.3 is 14.4 Å². The van der Waals surface area contributed by atoms with Crippen molar-refractivity contribution in [2.45, 2.75) is 25.3 Å². The minimum atomic E-state index is -0.731. The molecule has 0 bridgehead atoms. The lowest BCUT2D eigenvalue weighted by atomic mass is 10.0. The van der Waals surface area contributed by atoms with Gasteiger partial charge in [-0.15, -0.1) is 0 Å². The van der Waals surface area contributed by atoms with Crippen LogP contribution in [0.4, 0.5) is 0 Å². The van der Waals surface area contributed by atoms with E-state index in [0.717, 1.165) is 29.8 Å². The van der Waals surface area contributed by atoms with Crippen molar-refractivity contribution in [3.8, 4) is 5.75 Å². The lowest BCUT2D eigenvalue weighted by Crippen LogP contribution is -2.08. The van der Waals surface area contributed by atoms with Crippen LogP contribution >= 0.6 is 0 Å². The normalized spacial score (nSPS) is 16.9. The molecule has 2 aromatic rings. The molecule has 0 radical (unpaired) electrons. The van der Waals surface area contributed by atoms with Gasteiger partial charge in [0.05, 0.1) is 12.5 Å². The maximum atomic E-state index is 11.1. The van der Waals surface area contributed by atoms with Gasteiger partial charge in [-0.2, -0.15) is 0 Å². The fraction of sp³-hybridized carbons (Fsp3) is 0.312. The van der Waals surface area contributed by atoms with Crippen molar-refractivity contribution in [2.24, 2.45) is 0 Å². The van der Waals surface area contributed by atoms with Crippen molar-refractivity contribution in [3.05, 3.63) is 53.9 Å². The highest BCUT2D eigenvalue weighted by Crippen LogP contribution is 2.35. The first-order chi connectivity index (χ1) is 9.74. The van der Waals surface area contributed by atoms with Gasteiger partial charge in [0.15, 0.2) is 0 Å². The third kappa shape index (κ3) is 2.54. The number of aromatic nitrogens is 1. The largest absolute Gasteiger partial charge is 0.492 e. The summed E-state index contributed by atoms with van der Waals surface area (Å²) in [6.07, 6.45) is 5.52. The molecule has 0 aliphatic heterocycles. The SMILES string of the molecule is O=C(O)C1CCc2cc(OCCn3cccc3)ccc21. The second-order valence-electron chi connectivity index (χ2n) is 5.06. The molecule has 1 unspecified atom stereocenters. The summed E-state index contributed by atoms with van der Waals surface area (Å²) in [5.74, 6) is -0.258. The summed E-state index contributed by atoms with van der Waals surface area (Å²) in [6, 6.07) is 9.72. The van der Waals surface area contributed by atoms with Gasteiger partial charge in [-0.25, -0.2) is 0 Å². The molecule has 0 fully saturated rings. The van der Waals surface area contributed by atoms with Gasteiger partial charge in [0, 0.05) is 12.4 Å². The van der Waals surface area contributed by atoms with Crippen LogP contribution in [0, 0.1) is 0 Å². The van der Waals surface area contributed by atoms with Crippen molar-refractivity contribution >= 4 is 5.97 Å². The Hall–Kier alpha value is -2.23. The molecule has 1 aliphatic carbocycles. The van der Waals surface area contributed by atoms with Crippen molar-refractivity contribution in [3.63, 3.8) is 0 Å². The van der Waals surface area contributed by atoms with E-state index in [1.807, 2.05) is 42.7 Å². The number of hydrogen-bond donors (Lipinski definition) is 1. The third-order valence-corrected chi connectivity index (χ3v) is 3.77. The first-order valence-electron chi connectivity index (χ1n) is 6.83. The lowest BCUT2D eigenvalue weighted by Gasteiger charge is -2.10. The number of carbonyl (C=O) groups is 1. The Balaban J connectivity index is 1.63. The average Bonchev–Trinajstić information content (AvgIpc) is 3.06. The van der Waals surface area contributed by atoms with E-state index < -0.39 is 5.97 Å². The van der Waals surface area contributed by atoms with E-state index in [1.54, 1.807) is 0 Å². The number of aryl methyl sites for hydroxylation is 1. The summed E-state index contributed by atoms with van der Waals surface area (Å²) in [7, 11) is 0. The van der Waals surface area contributed by atoms with E-state index in [4.69, 9.17) is 9.84 Å². The molecule has 3 rings (SSSR count). The van der Waals surface area contributed by atoms with E-state index in [1.165, 1.54) is 0 Å². The summed E-state index contributed by atoms with van der Waals surface area (Å²) < 4.78 is 7.80. The smallest absolute Gasteiger partial charge is 0.310 e. The van der Waals surface area contributed by atoms with E-state index in [9.17, 15) is 4.79 Å². The minimum absolute atomic E-state index is 0.348. The molecule has 4 heteroatoms. The van der Waals surface area contributed by atoms with Crippen molar-refractivity contribution < 1.29 is 14.6 Å². The van der Waals surface area contributed by atoms with Crippen molar-refractivity contribution in [1.82, 2.24) is 4.57 Å². The van der Waals surface area contributed by atoms with Gasteiger partial charge in [-0.3, -0.25) is 4.79 Å². The van der Waals surface area contributed by atoms with Gasteiger partial charge in [-0.1, -0.05) is 6.07 Å². The second-order valence-corrected chi connectivity index (χ2v) is 5.06. The highest BCUT2D eigenvalue weighted by atomic mass is 16.5. The zero-order valence-electron chi connectivity index (χ0n) is 11.2. The van der Waals surface area contributed by atoms with E-state index >= 15 is 0 Å². The number of carboxylic acids is 1. The fourth-order valence-corrected chi connectivity index (χ4v) is 2.73. The predicted octanol–water partition coefficient (Wildman–Crippen LogP) is 2.68. The summed E-state index contributed by atoms with van der Waals surface area (Å²) in [4.78, 5) is 11.1. The molecule has 0 amide bonds. The fourth-order valence-electron chi connectivity index (χ4n) is 2.73. The van der Waals surface area contributed by atoms with E-state index in [2.05, 4.69) is 4.57 Å². The number of rotatable bonds is 5. The molecule has 1 aromatic carbocycles. The van der Waals surface area contributed by atoms with Gasteiger partial charge in [0.25, 0.3) is 0 Å². The molecule has 0 saturated heterocycles. The quantitative estimate of drug-likeness (QED) is 0.909. The van der Waals surface area contributed by atoms with Gasteiger partial charge in [-0.05, 0) is 48.2 Å². The molecule has 1 aromatic heterocycles. The third-order valence-electron chi connectivity index (χ3n) is 3.77. The maximum absolute atomic E-state index is 11.1. The van der Waals surface area contributed by atoms with Gasteiger partial charge in [0.1, 0.15) is 12.4 Å². The summed E-state index contributed by atoms with van der Waals surface area (Å²) in [6.45, 7) is 1.41. The molecule has 4 nitrogen and oxygen atoms in total. The molecule has 1 atom stereocenters. The highest BCUT2D eigenvalue weighted by molar-refractivity contribution is 5.78. The summed E-state index contributed by atoms with van der Waals surface area (Å²) in [5, 5.41) is 9.14. The first kappa shape index (κ1) is 12.8. The highest BCUT2D eigenvalue weighted by Gasteiger charge is 2.28. The summed E-state index contributed by atoms with van der Waals surface area (Å²) in [5.41, 5.74) is 2.05. The molecular formula is C16H17NO3. The Labute approximate surface area is 117 Å². The Bertz CT molecular complexity index is 604. The monoisotopic (exact) mass is 271 g/mol. The van der Waals surface area contributed by atoms with Crippen LogP contribution in [0.3, 0.4) is 0 Å². The molecule has 1 aliphatic rings. The van der Waals surface area contributed by atoms with E-state index in [-0.39, 0.29) is 5.92 Å². The van der Waals surface area contributed by atoms with Gasteiger partial charge >= 0.3 is 5.97 Å². The molecule has 0 saturated carbocycles. The second kappa shape index (κ2) is 5.41. The number of aliphatic carboxylic acids is 1. The predicted molar refractivity (Wildman–Crippen MR) is 75.1 cm³/mol. The van der Waals surface area contributed by atoms with Crippen LogP contribution < -0.4 is 4.74 Å². The number of fused-ring (bicyclic) bond motifs is 1. The molecule has 1 N–H and O–H groups in total. The first-order valence-corrected chi connectivity index (χ1v) is 6.83. The Kier molecular flexibility index (Phi) is 3.46. The Morgan fingerprint density at radius 1 is 1.35 bits per heavy atom. The summed E-state index contributed by atoms with van der Waals surface area (Å²) >= 11 is 0. The van der Waals surface area contributed by atoms with Crippen LogP contribution in [0.1, 0.15) is 23.5 Å². The maximum Gasteiger partial charge on any atom is 0.310 e. The standard InChI is InChI=1S/C16H17NO3/c18-16(19)15-5-3-12-11-13(4-6-14(12)15)20-10-9-17-7-1-2-8-17/h1-2,4,6-8,11,15H,3,5,9-10H2,(H,18,19). The number of carboxylic acid groups (broad SMARTS) is 1. The van der Waals surface area contributed by atoms with Crippen LogP contribution in [0.2, 0.25) is 0 Å². The van der Waals surface area contributed by atoms with Crippen LogP contribution in [0.25, 0.3) is 0 Å². The van der Waals surface area contributed by atoms with Gasteiger partial charge in [0.2, 0.25) is 0 Å². The average molecular weight is 271 g/mol. The topological polar surface area (TPSA) is 51.5 Å². The van der Waals surface area contributed by atoms with Crippen molar-refractivity contribution in [1.29, 1.82) is 0 Å². The molecule has 104 valence electrons. The molecule has 1 heterocycles. The number of benzene rings is 1. The Morgan fingerprint density at radius 3 is 2.90 bits per heavy atom. The van der Waals surface area contributed by atoms with E-state index in [0.29, 0.717) is 13.0 Å². The molecule has 20 heavy (non-hydrogen) atoms. The zero-order chi connectivity index (χ0) is 13.9. The van der Waals surface area contributed by atoms with Crippen LogP contribution in [0.15, 0.2) is 42.7 Å². The van der Waals surface area contributed by atoms with Crippen LogP contribution in [0.5, 0.6) is 5.75 Å². The zero-order valence-corrected chi connectivity index (χ0v) is 11.2. The number of hydrogen-bond acceptors (Lipinski definition) is 2. The van der Waals surface area contributed by atoms with Crippen molar-refractivity contribution in [2.75, 3.05) is 6.61 Å².